The molecule has 1 rings (SSSR count). The third-order valence-corrected chi connectivity index (χ3v) is 4.09. The van der Waals surface area contributed by atoms with Gasteiger partial charge in [-0.2, -0.15) is 0 Å². The third kappa shape index (κ3) is 2.61. The van der Waals surface area contributed by atoms with Crippen LogP contribution in [-0.2, 0) is 0 Å². The van der Waals surface area contributed by atoms with Crippen molar-refractivity contribution in [2.24, 2.45) is 0 Å². The van der Waals surface area contributed by atoms with Gasteiger partial charge in [-0.1, -0.05) is 6.92 Å². The van der Waals surface area contributed by atoms with Crippen LogP contribution in [0, 0.1) is 13.8 Å². The highest BCUT2D eigenvalue weighted by atomic mass is 35.5. The molecular formula is C10H17ClN2S. The summed E-state index contributed by atoms with van der Waals surface area (Å²) in [4.78, 5) is 5.70. The van der Waals surface area contributed by atoms with E-state index in [1.165, 1.54) is 4.88 Å². The molecule has 2 nitrogen and oxygen atoms in total. The van der Waals surface area contributed by atoms with Crippen LogP contribution in [0.5, 0.6) is 0 Å². The summed E-state index contributed by atoms with van der Waals surface area (Å²) in [7, 11) is 0. The Morgan fingerprint density at radius 1 is 1.50 bits per heavy atom. The fourth-order valence-corrected chi connectivity index (χ4v) is 2.22. The summed E-state index contributed by atoms with van der Waals surface area (Å²) in [6.45, 7) is 8.36. The van der Waals surface area contributed by atoms with Crippen LogP contribution >= 0.6 is 22.9 Å². The zero-order valence-corrected chi connectivity index (χ0v) is 10.7. The van der Waals surface area contributed by atoms with Crippen LogP contribution in [0.2, 0.25) is 0 Å². The number of halogens is 1. The third-order valence-electron chi connectivity index (χ3n) is 2.51. The van der Waals surface area contributed by atoms with Gasteiger partial charge in [0.15, 0.2) is 5.13 Å². The van der Waals surface area contributed by atoms with Crippen LogP contribution in [-0.4, -0.2) is 16.4 Å². The van der Waals surface area contributed by atoms with E-state index in [2.05, 4.69) is 31.1 Å². The van der Waals surface area contributed by atoms with E-state index in [1.807, 2.05) is 6.92 Å². The molecular weight excluding hydrogens is 216 g/mol. The first-order valence-electron chi connectivity index (χ1n) is 4.79. The second-order valence-electron chi connectivity index (χ2n) is 3.83. The highest BCUT2D eigenvalue weighted by Gasteiger charge is 2.21. The minimum atomic E-state index is -0.0434. The lowest BCUT2D eigenvalue weighted by Gasteiger charge is -2.26. The van der Waals surface area contributed by atoms with E-state index >= 15 is 0 Å². The molecule has 0 amide bonds. The average molecular weight is 233 g/mol. The molecule has 0 saturated heterocycles. The first-order valence-corrected chi connectivity index (χ1v) is 6.14. The highest BCUT2D eigenvalue weighted by molar-refractivity contribution is 7.15. The molecule has 0 radical (unpaired) electrons. The van der Waals surface area contributed by atoms with E-state index in [4.69, 9.17) is 11.6 Å². The van der Waals surface area contributed by atoms with Crippen molar-refractivity contribution < 1.29 is 0 Å². The second kappa shape index (κ2) is 4.49. The monoisotopic (exact) mass is 232 g/mol. The van der Waals surface area contributed by atoms with Crippen LogP contribution in [0.3, 0.4) is 0 Å². The minimum Gasteiger partial charge on any atom is -0.355 e. The normalized spacial score (nSPS) is 15.2. The maximum Gasteiger partial charge on any atom is 0.183 e. The van der Waals surface area contributed by atoms with Crippen molar-refractivity contribution in [2.45, 2.75) is 39.7 Å². The van der Waals surface area contributed by atoms with Crippen LogP contribution < -0.4 is 5.32 Å². The van der Waals surface area contributed by atoms with E-state index in [0.717, 1.165) is 17.2 Å². The molecule has 0 aliphatic rings. The second-order valence-corrected chi connectivity index (χ2v) is 5.30. The Morgan fingerprint density at radius 2 is 2.14 bits per heavy atom. The van der Waals surface area contributed by atoms with Crippen molar-refractivity contribution in [3.63, 3.8) is 0 Å². The van der Waals surface area contributed by atoms with Crippen molar-refractivity contribution in [3.8, 4) is 0 Å². The Bertz CT molecular complexity index is 286. The van der Waals surface area contributed by atoms with E-state index in [9.17, 15) is 0 Å². The molecule has 0 saturated carbocycles. The van der Waals surface area contributed by atoms with E-state index in [-0.39, 0.29) is 5.54 Å². The van der Waals surface area contributed by atoms with Gasteiger partial charge in [0.25, 0.3) is 0 Å². The quantitative estimate of drug-likeness (QED) is 0.803. The average Bonchev–Trinajstić information content (AvgIpc) is 2.45. The Hall–Kier alpha value is -0.280. The van der Waals surface area contributed by atoms with E-state index in [1.54, 1.807) is 11.3 Å². The number of hydrogen-bond acceptors (Lipinski definition) is 3. The number of aromatic nitrogens is 1. The van der Waals surface area contributed by atoms with Crippen LogP contribution in [0.25, 0.3) is 0 Å². The number of anilines is 1. The van der Waals surface area contributed by atoms with Crippen LogP contribution in [0.1, 0.15) is 30.8 Å². The van der Waals surface area contributed by atoms with Crippen molar-refractivity contribution in [3.05, 3.63) is 10.6 Å². The largest absolute Gasteiger partial charge is 0.355 e. The van der Waals surface area contributed by atoms with E-state index in [0.29, 0.717) is 5.88 Å². The molecule has 0 fully saturated rings. The molecule has 0 aliphatic carbocycles. The fourth-order valence-electron chi connectivity index (χ4n) is 1.00. The van der Waals surface area contributed by atoms with Crippen molar-refractivity contribution in [2.75, 3.05) is 11.2 Å². The summed E-state index contributed by atoms with van der Waals surface area (Å²) >= 11 is 7.61. The van der Waals surface area contributed by atoms with Crippen LogP contribution in [0.4, 0.5) is 5.13 Å². The molecule has 0 spiro atoms. The van der Waals surface area contributed by atoms with Gasteiger partial charge in [-0.3, -0.25) is 0 Å². The van der Waals surface area contributed by atoms with Gasteiger partial charge >= 0.3 is 0 Å². The SMILES string of the molecule is CCC(C)(CCl)Nc1nc(C)c(C)s1. The van der Waals surface area contributed by atoms with Gasteiger partial charge in [-0.05, 0) is 27.2 Å². The molecule has 0 aliphatic heterocycles. The molecule has 4 heteroatoms. The van der Waals surface area contributed by atoms with Gasteiger partial charge in [0.2, 0.25) is 0 Å². The van der Waals surface area contributed by atoms with Crippen molar-refractivity contribution >= 4 is 28.1 Å². The number of nitrogens with zero attached hydrogens (tertiary/aromatic N) is 1. The topological polar surface area (TPSA) is 24.9 Å². The van der Waals surface area contributed by atoms with Gasteiger partial charge in [0, 0.05) is 16.3 Å². The Kier molecular flexibility index (Phi) is 3.78. The number of hydrogen-bond donors (Lipinski definition) is 1. The predicted molar refractivity (Wildman–Crippen MR) is 64.6 cm³/mol. The lowest BCUT2D eigenvalue weighted by molar-refractivity contribution is 0.553. The molecule has 14 heavy (non-hydrogen) atoms. The van der Waals surface area contributed by atoms with Crippen LogP contribution in [0.15, 0.2) is 0 Å². The summed E-state index contributed by atoms with van der Waals surface area (Å²) in [6, 6.07) is 0. The summed E-state index contributed by atoms with van der Waals surface area (Å²) in [6.07, 6.45) is 0.994. The lowest BCUT2D eigenvalue weighted by Crippen LogP contribution is -2.35. The van der Waals surface area contributed by atoms with Gasteiger partial charge in [-0.25, -0.2) is 4.98 Å². The number of rotatable bonds is 4. The molecule has 1 atom stereocenters. The number of nitrogens with one attached hydrogen (secondary N) is 1. The Balaban J connectivity index is 2.77. The van der Waals surface area contributed by atoms with Gasteiger partial charge in [0.1, 0.15) is 0 Å². The Labute approximate surface area is 94.7 Å². The summed E-state index contributed by atoms with van der Waals surface area (Å²) in [5, 5.41) is 4.37. The summed E-state index contributed by atoms with van der Waals surface area (Å²) in [5.41, 5.74) is 1.06. The standard InChI is InChI=1S/C10H17ClN2S/c1-5-10(4,6-11)13-9-12-7(2)8(3)14-9/h5-6H2,1-4H3,(H,12,13). The first kappa shape index (κ1) is 11.8. The number of alkyl halides is 1. The minimum absolute atomic E-state index is 0.0434. The molecule has 0 bridgehead atoms. The fraction of sp³-hybridized carbons (Fsp3) is 0.700. The molecule has 1 aromatic heterocycles. The van der Waals surface area contributed by atoms with Crippen molar-refractivity contribution in [1.82, 2.24) is 4.98 Å². The van der Waals surface area contributed by atoms with Gasteiger partial charge < -0.3 is 5.32 Å². The number of thiazole rings is 1. The smallest absolute Gasteiger partial charge is 0.183 e. The van der Waals surface area contributed by atoms with Crippen molar-refractivity contribution in [1.29, 1.82) is 0 Å². The molecule has 1 heterocycles. The highest BCUT2D eigenvalue weighted by Crippen LogP contribution is 2.26. The molecule has 80 valence electrons. The molecule has 1 aromatic rings. The number of aryl methyl sites for hydroxylation is 2. The maximum absolute atomic E-state index is 5.92. The van der Waals surface area contributed by atoms with Gasteiger partial charge in [0.05, 0.1) is 5.69 Å². The van der Waals surface area contributed by atoms with Gasteiger partial charge in [-0.15, -0.1) is 22.9 Å². The van der Waals surface area contributed by atoms with E-state index < -0.39 is 0 Å². The zero-order chi connectivity index (χ0) is 10.8. The molecule has 1 N–H and O–H groups in total. The summed E-state index contributed by atoms with van der Waals surface area (Å²) < 4.78 is 0. The molecule has 1 unspecified atom stereocenters. The predicted octanol–water partition coefficient (Wildman–Crippen LogP) is 3.58. The zero-order valence-electron chi connectivity index (χ0n) is 9.15. The lowest BCUT2D eigenvalue weighted by atomic mass is 10.0. The Morgan fingerprint density at radius 3 is 2.50 bits per heavy atom. The first-order chi connectivity index (χ1) is 6.50. The maximum atomic E-state index is 5.92. The molecule has 0 aromatic carbocycles. The summed E-state index contributed by atoms with van der Waals surface area (Å²) in [5.74, 6) is 0.598.